The number of benzene rings is 1. The van der Waals surface area contributed by atoms with Crippen LogP contribution in [-0.2, 0) is 6.42 Å². The van der Waals surface area contributed by atoms with Crippen LogP contribution in [0.5, 0.6) is 0 Å². The molecule has 0 radical (unpaired) electrons. The average molecular weight is 315 g/mol. The number of nitrogens with zero attached hydrogens (tertiary/aromatic N) is 2. The van der Waals surface area contributed by atoms with Gasteiger partial charge in [0.25, 0.3) is 5.91 Å². The summed E-state index contributed by atoms with van der Waals surface area (Å²) in [6.07, 6.45) is 2.10. The van der Waals surface area contributed by atoms with Crippen LogP contribution in [0.2, 0.25) is 0 Å². The van der Waals surface area contributed by atoms with Gasteiger partial charge in [-0.2, -0.15) is 0 Å². The van der Waals surface area contributed by atoms with Crippen molar-refractivity contribution < 1.29 is 9.18 Å². The Hall–Kier alpha value is -2.43. The molecule has 0 fully saturated rings. The first-order chi connectivity index (χ1) is 11.2. The van der Waals surface area contributed by atoms with E-state index in [0.29, 0.717) is 24.1 Å². The lowest BCUT2D eigenvalue weighted by Crippen LogP contribution is -2.27. The average Bonchev–Trinajstić information content (AvgIpc) is 2.58. The smallest absolute Gasteiger partial charge is 0.251 e. The Bertz CT molecular complexity index is 656. The molecule has 0 aliphatic rings. The van der Waals surface area contributed by atoms with E-state index in [1.165, 1.54) is 6.07 Å². The van der Waals surface area contributed by atoms with E-state index in [9.17, 15) is 9.18 Å². The third-order valence-corrected chi connectivity index (χ3v) is 3.73. The van der Waals surface area contributed by atoms with E-state index in [1.54, 1.807) is 36.5 Å². The van der Waals surface area contributed by atoms with Gasteiger partial charge in [-0.3, -0.25) is 4.79 Å². The molecule has 1 heterocycles. The van der Waals surface area contributed by atoms with Crippen molar-refractivity contribution in [3.8, 4) is 0 Å². The SMILES string of the molecule is CCN(CC)c1cc(C(=O)NCCc2ccccc2F)ccn1. The maximum Gasteiger partial charge on any atom is 0.251 e. The molecule has 0 atom stereocenters. The van der Waals surface area contributed by atoms with E-state index < -0.39 is 0 Å². The molecule has 1 N–H and O–H groups in total. The summed E-state index contributed by atoms with van der Waals surface area (Å²) in [5.74, 6) is 0.378. The normalized spacial score (nSPS) is 10.4. The molecule has 122 valence electrons. The summed E-state index contributed by atoms with van der Waals surface area (Å²) < 4.78 is 13.5. The topological polar surface area (TPSA) is 45.2 Å². The molecule has 0 bridgehead atoms. The van der Waals surface area contributed by atoms with Gasteiger partial charge in [0.05, 0.1) is 0 Å². The summed E-state index contributed by atoms with van der Waals surface area (Å²) in [5, 5.41) is 2.82. The number of halogens is 1. The van der Waals surface area contributed by atoms with Gasteiger partial charge in [-0.25, -0.2) is 9.37 Å². The van der Waals surface area contributed by atoms with Gasteiger partial charge in [-0.05, 0) is 44.0 Å². The number of amides is 1. The highest BCUT2D eigenvalue weighted by atomic mass is 19.1. The Morgan fingerprint density at radius 2 is 1.96 bits per heavy atom. The number of hydrogen-bond acceptors (Lipinski definition) is 3. The maximum atomic E-state index is 13.5. The number of anilines is 1. The van der Waals surface area contributed by atoms with Crippen molar-refractivity contribution in [3.05, 3.63) is 59.5 Å². The predicted molar refractivity (Wildman–Crippen MR) is 90.2 cm³/mol. The first kappa shape index (κ1) is 16.9. The number of carbonyl (C=O) groups excluding carboxylic acids is 1. The van der Waals surface area contributed by atoms with Gasteiger partial charge in [-0.15, -0.1) is 0 Å². The lowest BCUT2D eigenvalue weighted by Gasteiger charge is -2.20. The van der Waals surface area contributed by atoms with Gasteiger partial charge in [0.15, 0.2) is 0 Å². The van der Waals surface area contributed by atoms with Crippen molar-refractivity contribution in [1.82, 2.24) is 10.3 Å². The lowest BCUT2D eigenvalue weighted by atomic mass is 10.1. The van der Waals surface area contributed by atoms with Crippen molar-refractivity contribution in [2.75, 3.05) is 24.5 Å². The molecule has 0 spiro atoms. The van der Waals surface area contributed by atoms with Crippen LogP contribution in [0.15, 0.2) is 42.6 Å². The highest BCUT2D eigenvalue weighted by Gasteiger charge is 2.10. The summed E-state index contributed by atoms with van der Waals surface area (Å²) >= 11 is 0. The van der Waals surface area contributed by atoms with E-state index in [1.807, 2.05) is 13.8 Å². The molecule has 1 aromatic carbocycles. The fraction of sp³-hybridized carbons (Fsp3) is 0.333. The molecule has 0 unspecified atom stereocenters. The van der Waals surface area contributed by atoms with Crippen molar-refractivity contribution in [2.24, 2.45) is 0 Å². The summed E-state index contributed by atoms with van der Waals surface area (Å²) in [6, 6.07) is 10.1. The summed E-state index contributed by atoms with van der Waals surface area (Å²) in [5.41, 5.74) is 1.17. The van der Waals surface area contributed by atoms with Crippen LogP contribution in [0.3, 0.4) is 0 Å². The van der Waals surface area contributed by atoms with Gasteiger partial charge in [0, 0.05) is 31.4 Å². The van der Waals surface area contributed by atoms with Crippen LogP contribution < -0.4 is 10.2 Å². The molecule has 1 aromatic heterocycles. The predicted octanol–water partition coefficient (Wildman–Crippen LogP) is 3.04. The minimum atomic E-state index is -0.241. The molecular formula is C18H22FN3O. The lowest BCUT2D eigenvalue weighted by molar-refractivity contribution is 0.0954. The Morgan fingerprint density at radius 3 is 2.65 bits per heavy atom. The third-order valence-electron chi connectivity index (χ3n) is 3.73. The van der Waals surface area contributed by atoms with Crippen molar-refractivity contribution in [1.29, 1.82) is 0 Å². The fourth-order valence-electron chi connectivity index (χ4n) is 2.39. The highest BCUT2D eigenvalue weighted by molar-refractivity contribution is 5.94. The maximum absolute atomic E-state index is 13.5. The second kappa shape index (κ2) is 8.27. The zero-order chi connectivity index (χ0) is 16.7. The van der Waals surface area contributed by atoms with Crippen molar-refractivity contribution in [3.63, 3.8) is 0 Å². The highest BCUT2D eigenvalue weighted by Crippen LogP contribution is 2.12. The quantitative estimate of drug-likeness (QED) is 0.854. The summed E-state index contributed by atoms with van der Waals surface area (Å²) in [4.78, 5) is 18.6. The molecule has 5 heteroatoms. The van der Waals surface area contributed by atoms with Crippen LogP contribution in [0.4, 0.5) is 10.2 Å². The summed E-state index contributed by atoms with van der Waals surface area (Å²) in [7, 11) is 0. The monoisotopic (exact) mass is 315 g/mol. The molecule has 4 nitrogen and oxygen atoms in total. The number of aromatic nitrogens is 1. The van der Waals surface area contributed by atoms with E-state index in [2.05, 4.69) is 15.2 Å². The Labute approximate surface area is 136 Å². The van der Waals surface area contributed by atoms with Crippen LogP contribution in [0.1, 0.15) is 29.8 Å². The van der Waals surface area contributed by atoms with E-state index in [-0.39, 0.29) is 11.7 Å². The molecule has 0 aliphatic carbocycles. The number of nitrogens with one attached hydrogen (secondary N) is 1. The number of hydrogen-bond donors (Lipinski definition) is 1. The molecule has 0 saturated heterocycles. The van der Waals surface area contributed by atoms with E-state index in [0.717, 1.165) is 18.9 Å². The van der Waals surface area contributed by atoms with Gasteiger partial charge < -0.3 is 10.2 Å². The second-order valence-corrected chi connectivity index (χ2v) is 5.17. The number of rotatable bonds is 7. The van der Waals surface area contributed by atoms with Crippen molar-refractivity contribution >= 4 is 11.7 Å². The molecule has 0 aliphatic heterocycles. The van der Waals surface area contributed by atoms with Crippen LogP contribution in [-0.4, -0.2) is 30.5 Å². The Balaban J connectivity index is 1.96. The number of carbonyl (C=O) groups is 1. The fourth-order valence-corrected chi connectivity index (χ4v) is 2.39. The van der Waals surface area contributed by atoms with E-state index in [4.69, 9.17) is 0 Å². The third kappa shape index (κ3) is 4.52. The minimum Gasteiger partial charge on any atom is -0.357 e. The first-order valence-corrected chi connectivity index (χ1v) is 7.88. The van der Waals surface area contributed by atoms with E-state index >= 15 is 0 Å². The molecule has 0 saturated carbocycles. The number of pyridine rings is 1. The van der Waals surface area contributed by atoms with Gasteiger partial charge >= 0.3 is 0 Å². The molecule has 2 rings (SSSR count). The molecular weight excluding hydrogens is 293 g/mol. The molecule has 23 heavy (non-hydrogen) atoms. The van der Waals surface area contributed by atoms with Gasteiger partial charge in [0.1, 0.15) is 11.6 Å². The Kier molecular flexibility index (Phi) is 6.09. The molecule has 1 amide bonds. The van der Waals surface area contributed by atoms with Crippen LogP contribution in [0, 0.1) is 5.82 Å². The minimum absolute atomic E-state index is 0.169. The van der Waals surface area contributed by atoms with Crippen LogP contribution in [0.25, 0.3) is 0 Å². The van der Waals surface area contributed by atoms with Gasteiger partial charge in [-0.1, -0.05) is 18.2 Å². The van der Waals surface area contributed by atoms with Crippen LogP contribution >= 0.6 is 0 Å². The standard InChI is InChI=1S/C18H22FN3O/c1-3-22(4-2)17-13-15(10-11-20-17)18(23)21-12-9-14-7-5-6-8-16(14)19/h5-8,10-11,13H,3-4,9,12H2,1-2H3,(H,21,23). The largest absolute Gasteiger partial charge is 0.357 e. The second-order valence-electron chi connectivity index (χ2n) is 5.17. The zero-order valence-corrected chi connectivity index (χ0v) is 13.6. The van der Waals surface area contributed by atoms with Crippen molar-refractivity contribution in [2.45, 2.75) is 20.3 Å². The van der Waals surface area contributed by atoms with Gasteiger partial charge in [0.2, 0.25) is 0 Å². The Morgan fingerprint density at radius 1 is 1.22 bits per heavy atom. The molecule has 2 aromatic rings. The summed E-state index contributed by atoms with van der Waals surface area (Å²) in [6.45, 7) is 6.16. The first-order valence-electron chi connectivity index (χ1n) is 7.88. The zero-order valence-electron chi connectivity index (χ0n) is 13.6.